The Balaban J connectivity index is 2.14. The largest absolute Gasteiger partial charge is 0.432 e. The summed E-state index contributed by atoms with van der Waals surface area (Å²) in [6, 6.07) is 1.85. The SMILES string of the molecule is Cc1coc(NC(=O)c2cncc(Br)c2)n1. The third-order valence-electron chi connectivity index (χ3n) is 1.81. The normalized spacial score (nSPS) is 10.1. The number of hydrogen-bond acceptors (Lipinski definition) is 4. The molecule has 0 atom stereocenters. The Kier molecular flexibility index (Phi) is 3.00. The Labute approximate surface area is 100 Å². The number of aryl methyl sites for hydroxylation is 1. The number of amides is 1. The average Bonchev–Trinajstić information content (AvgIpc) is 2.64. The monoisotopic (exact) mass is 281 g/mol. The van der Waals surface area contributed by atoms with Crippen molar-refractivity contribution in [2.45, 2.75) is 6.92 Å². The predicted molar refractivity (Wildman–Crippen MR) is 61.1 cm³/mol. The molecular formula is C10H8BrN3O2. The molecule has 2 heterocycles. The second-order valence-corrected chi connectivity index (χ2v) is 4.06. The molecule has 0 aromatic carbocycles. The highest BCUT2D eigenvalue weighted by Crippen LogP contribution is 2.12. The van der Waals surface area contributed by atoms with Crippen LogP contribution in [0.3, 0.4) is 0 Å². The number of carbonyl (C=O) groups excluding carboxylic acids is 1. The first kappa shape index (κ1) is 10.8. The van der Waals surface area contributed by atoms with E-state index < -0.39 is 0 Å². The summed E-state index contributed by atoms with van der Waals surface area (Å²) in [6.07, 6.45) is 4.54. The molecule has 16 heavy (non-hydrogen) atoms. The lowest BCUT2D eigenvalue weighted by atomic mass is 10.3. The summed E-state index contributed by atoms with van der Waals surface area (Å²) in [5, 5.41) is 2.53. The summed E-state index contributed by atoms with van der Waals surface area (Å²) in [4.78, 5) is 19.6. The first-order valence-electron chi connectivity index (χ1n) is 4.49. The molecule has 0 saturated heterocycles. The lowest BCUT2D eigenvalue weighted by Crippen LogP contribution is -2.12. The Morgan fingerprint density at radius 3 is 2.94 bits per heavy atom. The Morgan fingerprint density at radius 2 is 2.31 bits per heavy atom. The average molecular weight is 282 g/mol. The summed E-state index contributed by atoms with van der Waals surface area (Å²) in [5.41, 5.74) is 1.15. The molecule has 2 aromatic rings. The number of carbonyl (C=O) groups is 1. The van der Waals surface area contributed by atoms with Crippen LogP contribution in [0.5, 0.6) is 0 Å². The Morgan fingerprint density at radius 1 is 1.50 bits per heavy atom. The molecule has 0 aliphatic rings. The van der Waals surface area contributed by atoms with Crippen molar-refractivity contribution in [2.75, 3.05) is 5.32 Å². The van der Waals surface area contributed by atoms with Crippen LogP contribution < -0.4 is 5.32 Å². The van der Waals surface area contributed by atoms with Gasteiger partial charge in [-0.3, -0.25) is 15.1 Å². The van der Waals surface area contributed by atoms with Crippen molar-refractivity contribution in [3.63, 3.8) is 0 Å². The fraction of sp³-hybridized carbons (Fsp3) is 0.100. The second-order valence-electron chi connectivity index (χ2n) is 3.14. The van der Waals surface area contributed by atoms with Crippen LogP contribution in [0, 0.1) is 6.92 Å². The maximum atomic E-state index is 11.7. The van der Waals surface area contributed by atoms with Gasteiger partial charge in [-0.2, -0.15) is 4.98 Å². The zero-order valence-electron chi connectivity index (χ0n) is 8.40. The molecule has 0 radical (unpaired) electrons. The zero-order chi connectivity index (χ0) is 11.5. The smallest absolute Gasteiger partial charge is 0.301 e. The number of nitrogens with zero attached hydrogens (tertiary/aromatic N) is 2. The Bertz CT molecular complexity index is 524. The van der Waals surface area contributed by atoms with Crippen LogP contribution >= 0.6 is 15.9 Å². The van der Waals surface area contributed by atoms with E-state index in [0.717, 1.165) is 4.47 Å². The molecular weight excluding hydrogens is 274 g/mol. The molecule has 5 nitrogen and oxygen atoms in total. The first-order chi connectivity index (χ1) is 7.65. The highest BCUT2D eigenvalue weighted by Gasteiger charge is 2.09. The van der Waals surface area contributed by atoms with Gasteiger partial charge < -0.3 is 4.42 Å². The molecule has 2 aromatic heterocycles. The van der Waals surface area contributed by atoms with Crippen molar-refractivity contribution >= 4 is 27.9 Å². The van der Waals surface area contributed by atoms with Gasteiger partial charge in [-0.1, -0.05) is 0 Å². The lowest BCUT2D eigenvalue weighted by molar-refractivity contribution is 0.102. The predicted octanol–water partition coefficient (Wildman–Crippen LogP) is 2.39. The lowest BCUT2D eigenvalue weighted by Gasteiger charge is -2.00. The van der Waals surface area contributed by atoms with Crippen LogP contribution in [-0.2, 0) is 0 Å². The van der Waals surface area contributed by atoms with Crippen molar-refractivity contribution in [3.05, 3.63) is 40.5 Å². The van der Waals surface area contributed by atoms with Gasteiger partial charge in [-0.15, -0.1) is 0 Å². The minimum atomic E-state index is -0.310. The number of pyridine rings is 1. The Hall–Kier alpha value is -1.69. The highest BCUT2D eigenvalue weighted by atomic mass is 79.9. The number of anilines is 1. The van der Waals surface area contributed by atoms with Gasteiger partial charge in [-0.25, -0.2) is 0 Å². The van der Waals surface area contributed by atoms with Crippen LogP contribution in [0.1, 0.15) is 16.1 Å². The number of halogens is 1. The second kappa shape index (κ2) is 4.44. The molecule has 1 amide bonds. The van der Waals surface area contributed by atoms with E-state index in [0.29, 0.717) is 11.3 Å². The summed E-state index contributed by atoms with van der Waals surface area (Å²) in [7, 11) is 0. The number of nitrogens with one attached hydrogen (secondary N) is 1. The number of oxazole rings is 1. The van der Waals surface area contributed by atoms with Crippen LogP contribution in [-0.4, -0.2) is 15.9 Å². The van der Waals surface area contributed by atoms with E-state index in [-0.39, 0.29) is 11.9 Å². The quantitative estimate of drug-likeness (QED) is 0.918. The van der Waals surface area contributed by atoms with Gasteiger partial charge >= 0.3 is 6.01 Å². The van der Waals surface area contributed by atoms with E-state index >= 15 is 0 Å². The maximum absolute atomic E-state index is 11.7. The molecule has 0 aliphatic heterocycles. The molecule has 0 spiro atoms. The van der Waals surface area contributed by atoms with Gasteiger partial charge in [0.15, 0.2) is 0 Å². The van der Waals surface area contributed by atoms with Gasteiger partial charge in [-0.05, 0) is 28.9 Å². The maximum Gasteiger partial charge on any atom is 0.301 e. The summed E-state index contributed by atoms with van der Waals surface area (Å²) in [5.74, 6) is -0.310. The van der Waals surface area contributed by atoms with E-state index in [4.69, 9.17) is 4.42 Å². The number of aromatic nitrogens is 2. The van der Waals surface area contributed by atoms with Gasteiger partial charge in [0.05, 0.1) is 11.3 Å². The van der Waals surface area contributed by atoms with Crippen LogP contribution in [0.25, 0.3) is 0 Å². The molecule has 0 saturated carbocycles. The fourth-order valence-electron chi connectivity index (χ4n) is 1.12. The van der Waals surface area contributed by atoms with Gasteiger partial charge in [0, 0.05) is 16.9 Å². The van der Waals surface area contributed by atoms with Gasteiger partial charge in [0.1, 0.15) is 6.26 Å². The van der Waals surface area contributed by atoms with Crippen LogP contribution in [0.4, 0.5) is 6.01 Å². The van der Waals surface area contributed by atoms with Crippen molar-refractivity contribution in [1.82, 2.24) is 9.97 Å². The molecule has 1 N–H and O–H groups in total. The minimum Gasteiger partial charge on any atom is -0.432 e. The van der Waals surface area contributed by atoms with Crippen molar-refractivity contribution in [2.24, 2.45) is 0 Å². The van der Waals surface area contributed by atoms with E-state index in [1.54, 1.807) is 19.2 Å². The zero-order valence-corrected chi connectivity index (χ0v) is 9.98. The summed E-state index contributed by atoms with van der Waals surface area (Å²) < 4.78 is 5.75. The minimum absolute atomic E-state index is 0.183. The molecule has 0 unspecified atom stereocenters. The van der Waals surface area contributed by atoms with Crippen molar-refractivity contribution < 1.29 is 9.21 Å². The van der Waals surface area contributed by atoms with Crippen molar-refractivity contribution in [3.8, 4) is 0 Å². The molecule has 0 aliphatic carbocycles. The van der Waals surface area contributed by atoms with E-state index in [2.05, 4.69) is 31.2 Å². The standard InChI is InChI=1S/C10H8BrN3O2/c1-6-5-16-10(13-6)14-9(15)7-2-8(11)4-12-3-7/h2-5H,1H3,(H,13,14,15). The molecule has 0 bridgehead atoms. The van der Waals surface area contributed by atoms with Crippen LogP contribution in [0.15, 0.2) is 33.6 Å². The molecule has 6 heteroatoms. The fourth-order valence-corrected chi connectivity index (χ4v) is 1.48. The molecule has 2 rings (SSSR count). The number of rotatable bonds is 2. The topological polar surface area (TPSA) is 68.0 Å². The molecule has 82 valence electrons. The van der Waals surface area contributed by atoms with E-state index in [1.807, 2.05) is 0 Å². The van der Waals surface area contributed by atoms with Gasteiger partial charge in [0.25, 0.3) is 5.91 Å². The third kappa shape index (κ3) is 2.46. The summed E-state index contributed by atoms with van der Waals surface area (Å²) in [6.45, 7) is 1.78. The molecule has 0 fully saturated rings. The first-order valence-corrected chi connectivity index (χ1v) is 5.28. The third-order valence-corrected chi connectivity index (χ3v) is 2.24. The van der Waals surface area contributed by atoms with Gasteiger partial charge in [0.2, 0.25) is 0 Å². The summed E-state index contributed by atoms with van der Waals surface area (Å²) >= 11 is 3.24. The highest BCUT2D eigenvalue weighted by molar-refractivity contribution is 9.10. The van der Waals surface area contributed by atoms with E-state index in [1.165, 1.54) is 12.5 Å². The van der Waals surface area contributed by atoms with Crippen molar-refractivity contribution in [1.29, 1.82) is 0 Å². The number of hydrogen-bond donors (Lipinski definition) is 1. The van der Waals surface area contributed by atoms with E-state index in [9.17, 15) is 4.79 Å². The van der Waals surface area contributed by atoms with Crippen LogP contribution in [0.2, 0.25) is 0 Å².